The van der Waals surface area contributed by atoms with E-state index < -0.39 is 5.60 Å². The molecule has 0 saturated carbocycles. The fourth-order valence-electron chi connectivity index (χ4n) is 2.65. The van der Waals surface area contributed by atoms with Gasteiger partial charge in [-0.2, -0.15) is 0 Å². The molecule has 16 heavy (non-hydrogen) atoms. The van der Waals surface area contributed by atoms with Gasteiger partial charge in [-0.15, -0.1) is 0 Å². The van der Waals surface area contributed by atoms with Crippen LogP contribution in [0.3, 0.4) is 0 Å². The van der Waals surface area contributed by atoms with Gasteiger partial charge in [-0.05, 0) is 34.2 Å². The minimum absolute atomic E-state index is 0.333. The molecule has 0 bridgehead atoms. The predicted molar refractivity (Wildman–Crippen MR) is 67.4 cm³/mol. The van der Waals surface area contributed by atoms with Crippen LogP contribution in [0.5, 0.6) is 0 Å². The Bertz CT molecular complexity index is 220. The zero-order valence-corrected chi connectivity index (χ0v) is 11.1. The molecule has 1 aliphatic heterocycles. The number of piperazine rings is 1. The smallest absolute Gasteiger partial charge is 0.0756 e. The Morgan fingerprint density at radius 1 is 1.50 bits per heavy atom. The lowest BCUT2D eigenvalue weighted by Gasteiger charge is -2.43. The fourth-order valence-corrected chi connectivity index (χ4v) is 2.65. The molecule has 1 heterocycles. The Kier molecular flexibility index (Phi) is 4.73. The van der Waals surface area contributed by atoms with E-state index in [-0.39, 0.29) is 0 Å². The summed E-state index contributed by atoms with van der Waals surface area (Å²) in [5.74, 6) is 0. The lowest BCUT2D eigenvalue weighted by atomic mass is 9.95. The number of hydrogen-bond acceptors (Lipinski definition) is 4. The third-order valence-electron chi connectivity index (χ3n) is 3.62. The molecule has 0 amide bonds. The Balaban J connectivity index is 2.50. The van der Waals surface area contributed by atoms with Gasteiger partial charge in [0, 0.05) is 38.3 Å². The molecule has 1 rings (SSSR count). The van der Waals surface area contributed by atoms with Gasteiger partial charge in [0.15, 0.2) is 0 Å². The number of nitrogens with two attached hydrogens (primary N) is 1. The molecule has 3 atom stereocenters. The van der Waals surface area contributed by atoms with E-state index in [0.29, 0.717) is 18.6 Å². The third kappa shape index (κ3) is 3.70. The fraction of sp³-hybridized carbons (Fsp3) is 1.00. The van der Waals surface area contributed by atoms with Gasteiger partial charge < -0.3 is 15.7 Å². The highest BCUT2D eigenvalue weighted by molar-refractivity contribution is 4.86. The van der Waals surface area contributed by atoms with E-state index in [1.165, 1.54) is 0 Å². The molecule has 0 aromatic heterocycles. The Labute approximate surface area is 99.4 Å². The number of nitrogens with zero attached hydrogens (tertiary/aromatic N) is 2. The van der Waals surface area contributed by atoms with E-state index in [1.807, 2.05) is 6.92 Å². The molecule has 96 valence electrons. The van der Waals surface area contributed by atoms with Crippen LogP contribution in [0.25, 0.3) is 0 Å². The van der Waals surface area contributed by atoms with Crippen molar-refractivity contribution in [1.29, 1.82) is 0 Å². The molecule has 1 aliphatic rings. The van der Waals surface area contributed by atoms with Crippen molar-refractivity contribution in [2.45, 2.75) is 44.9 Å². The number of hydrogen-bond donors (Lipinski definition) is 2. The van der Waals surface area contributed by atoms with Gasteiger partial charge in [-0.1, -0.05) is 0 Å². The first-order chi connectivity index (χ1) is 7.35. The SMILES string of the molecule is CC1CN(C)CCN1C(C)CC(C)(O)CN. The molecule has 0 spiro atoms. The predicted octanol–water partition coefficient (Wildman–Crippen LogP) is 0.111. The second kappa shape index (κ2) is 5.45. The van der Waals surface area contributed by atoms with Crippen LogP contribution < -0.4 is 5.73 Å². The Hall–Kier alpha value is -0.160. The molecular formula is C12H27N3O. The third-order valence-corrected chi connectivity index (χ3v) is 3.62. The first kappa shape index (κ1) is 13.9. The van der Waals surface area contributed by atoms with E-state index in [9.17, 15) is 5.11 Å². The molecule has 1 saturated heterocycles. The van der Waals surface area contributed by atoms with Crippen molar-refractivity contribution >= 4 is 0 Å². The second-order valence-electron chi connectivity index (χ2n) is 5.60. The first-order valence-electron chi connectivity index (χ1n) is 6.22. The van der Waals surface area contributed by atoms with E-state index in [1.54, 1.807) is 0 Å². The van der Waals surface area contributed by atoms with Crippen molar-refractivity contribution in [1.82, 2.24) is 9.80 Å². The van der Waals surface area contributed by atoms with Crippen LogP contribution in [0.2, 0.25) is 0 Å². The summed E-state index contributed by atoms with van der Waals surface area (Å²) in [5, 5.41) is 10.0. The maximum atomic E-state index is 10.0. The van der Waals surface area contributed by atoms with Gasteiger partial charge in [0.25, 0.3) is 0 Å². The van der Waals surface area contributed by atoms with Crippen LogP contribution in [0.1, 0.15) is 27.2 Å². The lowest BCUT2D eigenvalue weighted by molar-refractivity contribution is 0.00204. The maximum Gasteiger partial charge on any atom is 0.0756 e. The Morgan fingerprint density at radius 3 is 2.62 bits per heavy atom. The molecule has 4 nitrogen and oxygen atoms in total. The van der Waals surface area contributed by atoms with Crippen LogP contribution >= 0.6 is 0 Å². The van der Waals surface area contributed by atoms with Crippen LogP contribution in [0.4, 0.5) is 0 Å². The monoisotopic (exact) mass is 229 g/mol. The number of aliphatic hydroxyl groups is 1. The molecule has 0 aromatic rings. The highest BCUT2D eigenvalue weighted by Gasteiger charge is 2.30. The maximum absolute atomic E-state index is 10.0. The van der Waals surface area contributed by atoms with Crippen molar-refractivity contribution in [3.05, 3.63) is 0 Å². The van der Waals surface area contributed by atoms with Gasteiger partial charge in [0.1, 0.15) is 0 Å². The minimum Gasteiger partial charge on any atom is -0.389 e. The van der Waals surface area contributed by atoms with Crippen LogP contribution in [0, 0.1) is 0 Å². The number of likely N-dealkylation sites (N-methyl/N-ethyl adjacent to an activating group) is 1. The Morgan fingerprint density at radius 2 is 2.12 bits per heavy atom. The summed E-state index contributed by atoms with van der Waals surface area (Å²) in [5.41, 5.74) is 4.83. The van der Waals surface area contributed by atoms with E-state index in [0.717, 1.165) is 26.1 Å². The summed E-state index contributed by atoms with van der Waals surface area (Å²) in [6.07, 6.45) is 0.748. The van der Waals surface area contributed by atoms with Crippen LogP contribution in [-0.2, 0) is 0 Å². The topological polar surface area (TPSA) is 52.7 Å². The van der Waals surface area contributed by atoms with Crippen LogP contribution in [0.15, 0.2) is 0 Å². The summed E-state index contributed by atoms with van der Waals surface area (Å²) in [6.45, 7) is 9.90. The highest BCUT2D eigenvalue weighted by atomic mass is 16.3. The van der Waals surface area contributed by atoms with E-state index in [4.69, 9.17) is 5.73 Å². The van der Waals surface area contributed by atoms with Gasteiger partial charge in [-0.25, -0.2) is 0 Å². The zero-order valence-electron chi connectivity index (χ0n) is 11.1. The average Bonchev–Trinajstić information content (AvgIpc) is 2.16. The summed E-state index contributed by atoms with van der Waals surface area (Å²) in [6, 6.07) is 0.949. The molecule has 0 aliphatic carbocycles. The van der Waals surface area contributed by atoms with Crippen LogP contribution in [-0.4, -0.2) is 65.8 Å². The van der Waals surface area contributed by atoms with Crippen molar-refractivity contribution in [2.75, 3.05) is 33.2 Å². The largest absolute Gasteiger partial charge is 0.389 e. The molecule has 3 N–H and O–H groups in total. The first-order valence-corrected chi connectivity index (χ1v) is 6.22. The molecule has 4 heteroatoms. The van der Waals surface area contributed by atoms with Crippen molar-refractivity contribution < 1.29 is 5.11 Å². The van der Waals surface area contributed by atoms with Crippen molar-refractivity contribution in [2.24, 2.45) is 5.73 Å². The second-order valence-corrected chi connectivity index (χ2v) is 5.60. The lowest BCUT2D eigenvalue weighted by Crippen LogP contribution is -2.55. The van der Waals surface area contributed by atoms with E-state index >= 15 is 0 Å². The number of rotatable bonds is 4. The summed E-state index contributed by atoms with van der Waals surface area (Å²) in [7, 11) is 2.16. The quantitative estimate of drug-likeness (QED) is 0.718. The summed E-state index contributed by atoms with van der Waals surface area (Å²) in [4.78, 5) is 4.83. The van der Waals surface area contributed by atoms with Crippen molar-refractivity contribution in [3.8, 4) is 0 Å². The molecule has 0 aromatic carbocycles. The average molecular weight is 229 g/mol. The summed E-state index contributed by atoms with van der Waals surface area (Å²) >= 11 is 0. The molecular weight excluding hydrogens is 202 g/mol. The molecule has 3 unspecified atom stereocenters. The molecule has 1 fully saturated rings. The van der Waals surface area contributed by atoms with Gasteiger partial charge in [0.2, 0.25) is 0 Å². The zero-order chi connectivity index (χ0) is 12.3. The highest BCUT2D eigenvalue weighted by Crippen LogP contribution is 2.19. The van der Waals surface area contributed by atoms with Crippen molar-refractivity contribution in [3.63, 3.8) is 0 Å². The standard InChI is InChI=1S/C12H27N3O/c1-10(7-12(3,16)9-13)15-6-5-14(4)8-11(15)2/h10-11,16H,5-9,13H2,1-4H3. The van der Waals surface area contributed by atoms with E-state index in [2.05, 4.69) is 30.7 Å². The normalized spacial score (nSPS) is 30.0. The summed E-state index contributed by atoms with van der Waals surface area (Å²) < 4.78 is 0. The van der Waals surface area contributed by atoms with Gasteiger partial charge >= 0.3 is 0 Å². The minimum atomic E-state index is -0.734. The van der Waals surface area contributed by atoms with Gasteiger partial charge in [-0.3, -0.25) is 4.90 Å². The molecule has 0 radical (unpaired) electrons. The van der Waals surface area contributed by atoms with Gasteiger partial charge in [0.05, 0.1) is 5.60 Å².